The summed E-state index contributed by atoms with van der Waals surface area (Å²) in [6.45, 7) is 3.85. The number of hydrazone groups is 1. The van der Waals surface area contributed by atoms with Crippen LogP contribution in [0.3, 0.4) is 0 Å². The number of benzene rings is 3. The Kier molecular flexibility index (Phi) is 8.27. The van der Waals surface area contributed by atoms with Crippen LogP contribution in [0.1, 0.15) is 54.5 Å². The molecule has 4 atom stereocenters. The molecule has 0 saturated heterocycles. The summed E-state index contributed by atoms with van der Waals surface area (Å²) in [6, 6.07) is 22.7. The zero-order valence-corrected chi connectivity index (χ0v) is 23.6. The summed E-state index contributed by atoms with van der Waals surface area (Å²) in [6.07, 6.45) is 5.57. The van der Waals surface area contributed by atoms with Crippen LogP contribution >= 0.6 is 11.8 Å². The monoisotopic (exact) mass is 541 g/mol. The fourth-order valence-electron chi connectivity index (χ4n) is 5.45. The van der Waals surface area contributed by atoms with Crippen LogP contribution in [-0.4, -0.2) is 31.1 Å². The number of carbonyl (C=O) groups excluding carboxylic acids is 1. The molecule has 5 rings (SSSR count). The van der Waals surface area contributed by atoms with Crippen molar-refractivity contribution >= 4 is 29.1 Å². The van der Waals surface area contributed by atoms with E-state index in [2.05, 4.69) is 64.4 Å². The molecule has 202 valence electrons. The van der Waals surface area contributed by atoms with Gasteiger partial charge in [-0.15, -0.1) is 11.8 Å². The highest BCUT2D eigenvalue weighted by Crippen LogP contribution is 2.52. The molecule has 1 amide bonds. The first kappa shape index (κ1) is 26.9. The summed E-state index contributed by atoms with van der Waals surface area (Å²) in [5.74, 6) is 2.84. The van der Waals surface area contributed by atoms with E-state index in [1.165, 1.54) is 11.1 Å². The van der Waals surface area contributed by atoms with Gasteiger partial charge in [-0.3, -0.25) is 4.79 Å². The lowest BCUT2D eigenvalue weighted by Gasteiger charge is -2.38. The Morgan fingerprint density at radius 1 is 1.08 bits per heavy atom. The maximum Gasteiger partial charge on any atom is 0.252 e. The number of hydrogen-bond donors (Lipinski definition) is 2. The van der Waals surface area contributed by atoms with Crippen LogP contribution in [0.5, 0.6) is 11.5 Å². The van der Waals surface area contributed by atoms with Crippen molar-refractivity contribution in [2.75, 3.05) is 19.5 Å². The van der Waals surface area contributed by atoms with Crippen LogP contribution in [0.2, 0.25) is 0 Å². The van der Waals surface area contributed by atoms with Crippen LogP contribution in [0.4, 0.5) is 5.69 Å². The van der Waals surface area contributed by atoms with E-state index in [0.717, 1.165) is 46.2 Å². The number of nitrogens with zero attached hydrogens (tertiary/aromatic N) is 1. The molecule has 6 nitrogen and oxygen atoms in total. The van der Waals surface area contributed by atoms with E-state index >= 15 is 0 Å². The molecule has 0 aromatic heterocycles. The Bertz CT molecular complexity index is 1390. The first-order valence-electron chi connectivity index (χ1n) is 13.3. The van der Waals surface area contributed by atoms with Crippen LogP contribution in [0.15, 0.2) is 84.0 Å². The van der Waals surface area contributed by atoms with E-state index in [1.54, 1.807) is 26.0 Å². The molecule has 39 heavy (non-hydrogen) atoms. The van der Waals surface area contributed by atoms with Crippen LogP contribution in [0, 0.1) is 5.92 Å². The minimum atomic E-state index is -0.204. The highest BCUT2D eigenvalue weighted by Gasteiger charge is 2.39. The third kappa shape index (κ3) is 5.69. The first-order chi connectivity index (χ1) is 19.0. The SMILES string of the molecule is COc1cccc([C@@H]2Nc3ccc(/C(C)=N\NC(=O)[C@@H](C)SCc4ccccc4)cc3[C@@H]3C=CC[C@@H]32)c1OC. The molecular weight excluding hydrogens is 506 g/mol. The molecule has 2 N–H and O–H groups in total. The van der Waals surface area contributed by atoms with E-state index in [1.807, 2.05) is 44.2 Å². The van der Waals surface area contributed by atoms with Gasteiger partial charge in [-0.25, -0.2) is 5.43 Å². The Morgan fingerprint density at radius 3 is 2.67 bits per heavy atom. The van der Waals surface area contributed by atoms with E-state index < -0.39 is 0 Å². The van der Waals surface area contributed by atoms with Gasteiger partial charge >= 0.3 is 0 Å². The normalized spacial score (nSPS) is 20.4. The van der Waals surface area contributed by atoms with Crippen molar-refractivity contribution in [1.29, 1.82) is 0 Å². The number of para-hydroxylation sites is 1. The van der Waals surface area contributed by atoms with E-state index in [4.69, 9.17) is 9.47 Å². The number of rotatable bonds is 9. The standard InChI is InChI=1S/C32H35N3O3S/c1-20(34-35-32(36)21(2)39-19-22-10-6-5-7-11-22)23-16-17-28-27(18-23)24-12-8-13-25(24)30(33-28)26-14-9-15-29(37-3)31(26)38-4/h5-12,14-18,21,24-25,30,33H,13,19H2,1-4H3,(H,35,36)/b34-20-/t21-,24-,25+,30-/m1/s1. The lowest BCUT2D eigenvalue weighted by atomic mass is 9.76. The van der Waals surface area contributed by atoms with Gasteiger partial charge in [-0.1, -0.05) is 60.7 Å². The smallest absolute Gasteiger partial charge is 0.252 e. The second-order valence-electron chi connectivity index (χ2n) is 9.97. The lowest BCUT2D eigenvalue weighted by molar-refractivity contribution is -0.120. The number of carbonyl (C=O) groups is 1. The van der Waals surface area contributed by atoms with Crippen molar-refractivity contribution in [2.45, 2.75) is 43.2 Å². The average molecular weight is 542 g/mol. The summed E-state index contributed by atoms with van der Waals surface area (Å²) >= 11 is 1.60. The molecule has 3 aromatic rings. The quantitative estimate of drug-likeness (QED) is 0.179. The molecule has 1 aliphatic heterocycles. The maximum absolute atomic E-state index is 12.7. The van der Waals surface area contributed by atoms with Gasteiger partial charge in [0, 0.05) is 22.9 Å². The molecule has 7 heteroatoms. The second kappa shape index (κ2) is 12.0. The van der Waals surface area contributed by atoms with E-state index in [-0.39, 0.29) is 23.1 Å². The van der Waals surface area contributed by atoms with Gasteiger partial charge in [0.05, 0.1) is 31.2 Å². The minimum Gasteiger partial charge on any atom is -0.493 e. The number of thioether (sulfide) groups is 1. The van der Waals surface area contributed by atoms with Crippen LogP contribution in [-0.2, 0) is 10.5 Å². The number of ether oxygens (including phenoxy) is 2. The van der Waals surface area contributed by atoms with Crippen molar-refractivity contribution in [3.8, 4) is 11.5 Å². The highest BCUT2D eigenvalue weighted by atomic mass is 32.2. The lowest BCUT2D eigenvalue weighted by Crippen LogP contribution is -2.30. The Balaban J connectivity index is 1.31. The van der Waals surface area contributed by atoms with E-state index in [9.17, 15) is 4.79 Å². The van der Waals surface area contributed by atoms with Gasteiger partial charge < -0.3 is 14.8 Å². The Hall–Kier alpha value is -3.71. The van der Waals surface area contributed by atoms with Gasteiger partial charge in [0.1, 0.15) is 0 Å². The number of amides is 1. The Morgan fingerprint density at radius 2 is 1.90 bits per heavy atom. The summed E-state index contributed by atoms with van der Waals surface area (Å²) in [5.41, 5.74) is 9.20. The summed E-state index contributed by atoms with van der Waals surface area (Å²) < 4.78 is 11.3. The second-order valence-corrected chi connectivity index (χ2v) is 11.3. The molecule has 0 saturated carbocycles. The van der Waals surface area contributed by atoms with Crippen LogP contribution < -0.4 is 20.2 Å². The van der Waals surface area contributed by atoms with E-state index in [0.29, 0.717) is 5.92 Å². The zero-order chi connectivity index (χ0) is 27.4. The number of nitrogens with one attached hydrogen (secondary N) is 2. The molecule has 3 aromatic carbocycles. The third-order valence-electron chi connectivity index (χ3n) is 7.59. The number of methoxy groups -OCH3 is 2. The zero-order valence-electron chi connectivity index (χ0n) is 22.8. The third-order valence-corrected chi connectivity index (χ3v) is 8.81. The molecule has 1 aliphatic carbocycles. The van der Waals surface area contributed by atoms with Crippen molar-refractivity contribution in [1.82, 2.24) is 5.43 Å². The molecule has 0 radical (unpaired) electrons. The van der Waals surface area contributed by atoms with Crippen LogP contribution in [0.25, 0.3) is 0 Å². The molecular formula is C32H35N3O3S. The first-order valence-corrected chi connectivity index (χ1v) is 14.3. The molecule has 1 heterocycles. The topological polar surface area (TPSA) is 72.0 Å². The number of allylic oxidation sites excluding steroid dienone is 2. The molecule has 0 bridgehead atoms. The van der Waals surface area contributed by atoms with Crippen molar-refractivity contribution in [3.63, 3.8) is 0 Å². The largest absolute Gasteiger partial charge is 0.493 e. The van der Waals surface area contributed by atoms with Gasteiger partial charge in [-0.05, 0) is 61.1 Å². The van der Waals surface area contributed by atoms with Crippen molar-refractivity contribution < 1.29 is 14.3 Å². The Labute approximate surface area is 234 Å². The highest BCUT2D eigenvalue weighted by molar-refractivity contribution is 7.99. The van der Waals surface area contributed by atoms with Crippen molar-refractivity contribution in [2.24, 2.45) is 11.0 Å². The molecule has 0 fully saturated rings. The molecule has 2 aliphatic rings. The van der Waals surface area contributed by atoms with Crippen molar-refractivity contribution in [3.05, 3.63) is 101 Å². The number of anilines is 1. The molecule has 0 unspecified atom stereocenters. The summed E-state index contributed by atoms with van der Waals surface area (Å²) in [5, 5.41) is 8.02. The fraction of sp³-hybridized carbons (Fsp3) is 0.312. The predicted octanol–water partition coefficient (Wildman–Crippen LogP) is 6.69. The molecule has 0 spiro atoms. The fourth-order valence-corrected chi connectivity index (χ4v) is 6.29. The summed E-state index contributed by atoms with van der Waals surface area (Å²) in [7, 11) is 3.36. The van der Waals surface area contributed by atoms with Gasteiger partial charge in [0.15, 0.2) is 11.5 Å². The minimum absolute atomic E-state index is 0.0937. The number of hydrogen-bond acceptors (Lipinski definition) is 6. The average Bonchev–Trinajstić information content (AvgIpc) is 3.48. The summed E-state index contributed by atoms with van der Waals surface area (Å²) in [4.78, 5) is 12.7. The van der Waals surface area contributed by atoms with Gasteiger partial charge in [-0.2, -0.15) is 5.10 Å². The van der Waals surface area contributed by atoms with Gasteiger partial charge in [0.25, 0.3) is 5.91 Å². The maximum atomic E-state index is 12.7. The van der Waals surface area contributed by atoms with Gasteiger partial charge in [0.2, 0.25) is 0 Å². The predicted molar refractivity (Wildman–Crippen MR) is 160 cm³/mol. The number of fused-ring (bicyclic) bond motifs is 3.